The monoisotopic (exact) mass is 538 g/mol. The standard InChI is InChI=1S/C30H21F3N6O/c31-30(32,33)13-12-28(40)36-20-10-11-25-23(14-20)29(35-18-34-25)37-26-15-27-24(21-8-4-5-9-22(21)26)17-39(38-27)16-19-6-2-1-3-7-19/h1-15,17-18H,16H2,(H,36,40)(H,34,35,37). The van der Waals surface area contributed by atoms with E-state index in [-0.39, 0.29) is 6.08 Å². The Bertz CT molecular complexity index is 1900. The highest BCUT2D eigenvalue weighted by Gasteiger charge is 2.22. The van der Waals surface area contributed by atoms with Gasteiger partial charge in [-0.05, 0) is 35.2 Å². The highest BCUT2D eigenvalue weighted by molar-refractivity contribution is 6.13. The molecular formula is C30H21F3N6O. The fraction of sp³-hybridized carbons (Fsp3) is 0.0667. The number of rotatable bonds is 6. The van der Waals surface area contributed by atoms with Gasteiger partial charge in [0.05, 0.1) is 17.6 Å². The van der Waals surface area contributed by atoms with Gasteiger partial charge in [-0.2, -0.15) is 18.3 Å². The van der Waals surface area contributed by atoms with Gasteiger partial charge in [0, 0.05) is 45.9 Å². The number of alkyl halides is 3. The lowest BCUT2D eigenvalue weighted by molar-refractivity contribution is -0.112. The van der Waals surface area contributed by atoms with Gasteiger partial charge < -0.3 is 10.6 Å². The van der Waals surface area contributed by atoms with Crippen molar-refractivity contribution in [3.8, 4) is 0 Å². The molecule has 2 heterocycles. The molecule has 6 aromatic rings. The number of halogens is 3. The number of nitrogens with zero attached hydrogens (tertiary/aromatic N) is 4. The van der Waals surface area contributed by atoms with Crippen molar-refractivity contribution in [1.29, 1.82) is 0 Å². The number of fused-ring (bicyclic) bond motifs is 4. The van der Waals surface area contributed by atoms with E-state index in [1.165, 1.54) is 6.33 Å². The van der Waals surface area contributed by atoms with Crippen LogP contribution in [0.25, 0.3) is 32.6 Å². The van der Waals surface area contributed by atoms with Crippen LogP contribution >= 0.6 is 0 Å². The number of benzene rings is 4. The zero-order chi connectivity index (χ0) is 27.7. The predicted octanol–water partition coefficient (Wildman–Crippen LogP) is 6.98. The van der Waals surface area contributed by atoms with Gasteiger partial charge in [-0.3, -0.25) is 9.48 Å². The first-order valence-electron chi connectivity index (χ1n) is 12.3. The SMILES string of the molecule is O=C(C=CC(F)(F)F)Nc1ccc2ncnc(Nc3cc4nn(Cc5ccccc5)cc4c4ccccc34)c2c1. The van der Waals surface area contributed by atoms with Crippen LogP contribution in [-0.4, -0.2) is 31.8 Å². The van der Waals surface area contributed by atoms with Crippen LogP contribution < -0.4 is 10.6 Å². The zero-order valence-corrected chi connectivity index (χ0v) is 20.9. The molecule has 0 saturated heterocycles. The van der Waals surface area contributed by atoms with E-state index in [1.807, 2.05) is 59.4 Å². The summed E-state index contributed by atoms with van der Waals surface area (Å²) < 4.78 is 39.2. The van der Waals surface area contributed by atoms with Gasteiger partial charge in [-0.15, -0.1) is 0 Å². The summed E-state index contributed by atoms with van der Waals surface area (Å²) >= 11 is 0. The largest absolute Gasteiger partial charge is 0.409 e. The third-order valence-electron chi connectivity index (χ3n) is 6.35. The Balaban J connectivity index is 1.37. The van der Waals surface area contributed by atoms with Crippen LogP contribution in [0.2, 0.25) is 0 Å². The van der Waals surface area contributed by atoms with Gasteiger partial charge in [0.1, 0.15) is 12.1 Å². The summed E-state index contributed by atoms with van der Waals surface area (Å²) in [5.74, 6) is -0.425. The molecule has 0 bridgehead atoms. The molecule has 2 N–H and O–H groups in total. The molecule has 0 aliphatic rings. The highest BCUT2D eigenvalue weighted by Crippen LogP contribution is 2.34. The number of anilines is 3. The molecule has 6 rings (SSSR count). The summed E-state index contributed by atoms with van der Waals surface area (Å²) in [5.41, 5.74) is 3.62. The Morgan fingerprint density at radius 2 is 1.62 bits per heavy atom. The van der Waals surface area contributed by atoms with Crippen molar-refractivity contribution < 1.29 is 18.0 Å². The maximum atomic E-state index is 12.4. The van der Waals surface area contributed by atoms with Crippen LogP contribution in [0, 0.1) is 0 Å². The lowest BCUT2D eigenvalue weighted by atomic mass is 10.0. The van der Waals surface area contributed by atoms with E-state index in [0.717, 1.165) is 32.9 Å². The molecule has 0 fully saturated rings. The molecule has 0 saturated carbocycles. The van der Waals surface area contributed by atoms with E-state index in [1.54, 1.807) is 18.2 Å². The summed E-state index contributed by atoms with van der Waals surface area (Å²) in [6.07, 6.45) is -0.779. The zero-order valence-electron chi connectivity index (χ0n) is 20.9. The van der Waals surface area contributed by atoms with Gasteiger partial charge in [-0.25, -0.2) is 9.97 Å². The highest BCUT2D eigenvalue weighted by atomic mass is 19.4. The summed E-state index contributed by atoms with van der Waals surface area (Å²) in [7, 11) is 0. The van der Waals surface area contributed by atoms with Crippen LogP contribution in [0.4, 0.5) is 30.4 Å². The first kappa shape index (κ1) is 25.1. The molecule has 2 aromatic heterocycles. The Hall–Kier alpha value is -5.25. The van der Waals surface area contributed by atoms with Crippen molar-refractivity contribution in [3.63, 3.8) is 0 Å². The second kappa shape index (κ2) is 10.1. The van der Waals surface area contributed by atoms with E-state index in [9.17, 15) is 18.0 Å². The summed E-state index contributed by atoms with van der Waals surface area (Å²) in [6, 6.07) is 24.9. The molecule has 4 aromatic carbocycles. The molecule has 7 nitrogen and oxygen atoms in total. The molecule has 0 spiro atoms. The van der Waals surface area contributed by atoms with E-state index >= 15 is 0 Å². The topological polar surface area (TPSA) is 84.7 Å². The minimum Gasteiger partial charge on any atom is -0.339 e. The third-order valence-corrected chi connectivity index (χ3v) is 6.35. The number of aromatic nitrogens is 4. The van der Waals surface area contributed by atoms with E-state index in [0.29, 0.717) is 35.0 Å². The molecule has 0 aliphatic heterocycles. The quantitative estimate of drug-likeness (QED) is 0.224. The molecule has 0 unspecified atom stereocenters. The summed E-state index contributed by atoms with van der Waals surface area (Å²) in [5, 5.41) is 14.2. The number of hydrogen-bond donors (Lipinski definition) is 2. The van der Waals surface area contributed by atoms with Crippen molar-refractivity contribution in [2.75, 3.05) is 10.6 Å². The second-order valence-electron chi connectivity index (χ2n) is 9.16. The number of hydrogen-bond acceptors (Lipinski definition) is 5. The van der Waals surface area contributed by atoms with E-state index in [2.05, 4.69) is 32.7 Å². The minimum absolute atomic E-state index is 0.109. The first-order chi connectivity index (χ1) is 19.3. The van der Waals surface area contributed by atoms with Crippen molar-refractivity contribution in [2.24, 2.45) is 0 Å². The average molecular weight is 539 g/mol. The normalized spacial score (nSPS) is 12.0. The fourth-order valence-electron chi connectivity index (χ4n) is 4.59. The van der Waals surface area contributed by atoms with Crippen molar-refractivity contribution in [1.82, 2.24) is 19.7 Å². The van der Waals surface area contributed by atoms with E-state index < -0.39 is 12.1 Å². The molecule has 198 valence electrons. The first-order valence-corrected chi connectivity index (χ1v) is 12.3. The molecule has 40 heavy (non-hydrogen) atoms. The molecule has 0 aliphatic carbocycles. The van der Waals surface area contributed by atoms with Gasteiger partial charge in [0.2, 0.25) is 5.91 Å². The second-order valence-corrected chi connectivity index (χ2v) is 9.16. The maximum Gasteiger partial charge on any atom is 0.409 e. The Kier molecular flexibility index (Phi) is 6.35. The molecule has 10 heteroatoms. The summed E-state index contributed by atoms with van der Waals surface area (Å²) in [4.78, 5) is 20.7. The Labute approximate surface area is 226 Å². The van der Waals surface area contributed by atoms with Crippen molar-refractivity contribution >= 4 is 55.7 Å². The molecule has 0 radical (unpaired) electrons. The van der Waals surface area contributed by atoms with Crippen LogP contribution in [0.1, 0.15) is 5.56 Å². The van der Waals surface area contributed by atoms with Crippen LogP contribution in [-0.2, 0) is 11.3 Å². The Morgan fingerprint density at radius 3 is 2.42 bits per heavy atom. The summed E-state index contributed by atoms with van der Waals surface area (Å²) in [6.45, 7) is 0.635. The van der Waals surface area contributed by atoms with Gasteiger partial charge >= 0.3 is 6.18 Å². The molecule has 0 atom stereocenters. The van der Waals surface area contributed by atoms with Crippen LogP contribution in [0.5, 0.6) is 0 Å². The third kappa shape index (κ3) is 5.32. The fourth-order valence-corrected chi connectivity index (χ4v) is 4.59. The predicted molar refractivity (Wildman–Crippen MR) is 149 cm³/mol. The van der Waals surface area contributed by atoms with Gasteiger partial charge in [0.25, 0.3) is 0 Å². The van der Waals surface area contributed by atoms with Gasteiger partial charge in [-0.1, -0.05) is 54.6 Å². The number of nitrogens with one attached hydrogen (secondary N) is 2. The minimum atomic E-state index is -4.58. The molecular weight excluding hydrogens is 517 g/mol. The maximum absolute atomic E-state index is 12.4. The van der Waals surface area contributed by atoms with Crippen molar-refractivity contribution in [2.45, 2.75) is 12.7 Å². The average Bonchev–Trinajstić information content (AvgIpc) is 3.35. The lowest BCUT2D eigenvalue weighted by Crippen LogP contribution is -2.10. The molecule has 1 amide bonds. The number of carbonyl (C=O) groups is 1. The van der Waals surface area contributed by atoms with Crippen molar-refractivity contribution in [3.05, 3.63) is 109 Å². The van der Waals surface area contributed by atoms with Crippen LogP contribution in [0.15, 0.2) is 104 Å². The van der Waals surface area contributed by atoms with Gasteiger partial charge in [0.15, 0.2) is 0 Å². The smallest absolute Gasteiger partial charge is 0.339 e. The number of carbonyl (C=O) groups excluding carboxylic acids is 1. The number of amides is 1. The lowest BCUT2D eigenvalue weighted by Gasteiger charge is -2.12. The van der Waals surface area contributed by atoms with E-state index in [4.69, 9.17) is 5.10 Å². The van der Waals surface area contributed by atoms with Crippen LogP contribution in [0.3, 0.4) is 0 Å². The number of allylic oxidation sites excluding steroid dienone is 1. The Morgan fingerprint density at radius 1 is 0.850 bits per heavy atom.